The van der Waals surface area contributed by atoms with Crippen LogP contribution in [0.5, 0.6) is 0 Å². The molecule has 0 aliphatic heterocycles. The predicted octanol–water partition coefficient (Wildman–Crippen LogP) is 0.757. The minimum absolute atomic E-state index is 0.0819. The molecule has 0 fully saturated rings. The van der Waals surface area contributed by atoms with Gasteiger partial charge in [-0.2, -0.15) is 0 Å². The fourth-order valence-electron chi connectivity index (χ4n) is 1.31. The zero-order chi connectivity index (χ0) is 12.3. The third-order valence-electron chi connectivity index (χ3n) is 2.33. The second-order valence-corrected chi connectivity index (χ2v) is 3.97. The third kappa shape index (κ3) is 2.69. The Bertz CT molecular complexity index is 375. The number of aryl methyl sites for hydroxylation is 1. The van der Waals surface area contributed by atoms with Crippen LogP contribution in [0, 0.1) is 16.0 Å². The van der Waals surface area contributed by atoms with Gasteiger partial charge in [0.15, 0.2) is 0 Å². The van der Waals surface area contributed by atoms with Crippen molar-refractivity contribution < 1.29 is 10.0 Å². The van der Waals surface area contributed by atoms with Crippen molar-refractivity contribution in [1.82, 2.24) is 9.78 Å². The zero-order valence-electron chi connectivity index (χ0n) is 9.54. The van der Waals surface area contributed by atoms with E-state index < -0.39 is 4.92 Å². The Balaban J connectivity index is 2.91. The summed E-state index contributed by atoms with van der Waals surface area (Å²) >= 11 is 0. The van der Waals surface area contributed by atoms with Crippen LogP contribution in [0.2, 0.25) is 0 Å². The molecule has 1 aromatic rings. The van der Waals surface area contributed by atoms with Crippen LogP contribution in [0.4, 0.5) is 11.5 Å². The molecule has 90 valence electrons. The standard InChI is InChI=1S/C9H16N4O3/c1-6(2)7(5-14)10-9-8(13(15)16)4-12(3)11-9/h4,6-7,14H,5H2,1-3H3,(H,10,11). The Morgan fingerprint density at radius 3 is 2.75 bits per heavy atom. The summed E-state index contributed by atoms with van der Waals surface area (Å²) < 4.78 is 1.37. The molecule has 1 unspecified atom stereocenters. The molecule has 0 aromatic carbocycles. The Morgan fingerprint density at radius 2 is 2.31 bits per heavy atom. The minimum Gasteiger partial charge on any atom is -0.394 e. The maximum absolute atomic E-state index is 10.7. The number of hydrogen-bond acceptors (Lipinski definition) is 5. The maximum Gasteiger partial charge on any atom is 0.330 e. The quantitative estimate of drug-likeness (QED) is 0.573. The highest BCUT2D eigenvalue weighted by Crippen LogP contribution is 2.23. The van der Waals surface area contributed by atoms with Gasteiger partial charge in [0.2, 0.25) is 5.82 Å². The largest absolute Gasteiger partial charge is 0.394 e. The van der Waals surface area contributed by atoms with Crippen LogP contribution in [0.3, 0.4) is 0 Å². The van der Waals surface area contributed by atoms with E-state index in [9.17, 15) is 10.1 Å². The lowest BCUT2D eigenvalue weighted by Crippen LogP contribution is -2.29. The number of anilines is 1. The first kappa shape index (κ1) is 12.4. The lowest BCUT2D eigenvalue weighted by molar-refractivity contribution is -0.384. The second-order valence-electron chi connectivity index (χ2n) is 3.97. The van der Waals surface area contributed by atoms with Crippen molar-refractivity contribution in [3.63, 3.8) is 0 Å². The fraction of sp³-hybridized carbons (Fsp3) is 0.667. The van der Waals surface area contributed by atoms with Crippen molar-refractivity contribution in [1.29, 1.82) is 0 Å². The molecule has 0 amide bonds. The van der Waals surface area contributed by atoms with E-state index in [1.54, 1.807) is 7.05 Å². The van der Waals surface area contributed by atoms with Gasteiger partial charge in [0.05, 0.1) is 17.6 Å². The van der Waals surface area contributed by atoms with E-state index in [2.05, 4.69) is 10.4 Å². The molecule has 0 aliphatic rings. The number of aliphatic hydroxyl groups excluding tert-OH is 1. The minimum atomic E-state index is -0.496. The van der Waals surface area contributed by atoms with Crippen LogP contribution in [0.25, 0.3) is 0 Å². The van der Waals surface area contributed by atoms with E-state index in [4.69, 9.17) is 5.11 Å². The van der Waals surface area contributed by atoms with E-state index in [-0.39, 0.29) is 30.1 Å². The highest BCUT2D eigenvalue weighted by molar-refractivity contribution is 5.55. The number of nitro groups is 1. The van der Waals surface area contributed by atoms with Crippen LogP contribution in [-0.2, 0) is 7.05 Å². The number of nitrogens with one attached hydrogen (secondary N) is 1. The zero-order valence-corrected chi connectivity index (χ0v) is 9.54. The molecular weight excluding hydrogens is 212 g/mol. The molecular formula is C9H16N4O3. The third-order valence-corrected chi connectivity index (χ3v) is 2.33. The van der Waals surface area contributed by atoms with Gasteiger partial charge in [-0.3, -0.25) is 14.8 Å². The molecule has 7 heteroatoms. The van der Waals surface area contributed by atoms with Gasteiger partial charge in [0.25, 0.3) is 0 Å². The number of rotatable bonds is 5. The lowest BCUT2D eigenvalue weighted by atomic mass is 10.1. The molecule has 1 rings (SSSR count). The normalized spacial score (nSPS) is 12.8. The summed E-state index contributed by atoms with van der Waals surface area (Å²) in [6, 6.07) is -0.242. The molecule has 0 spiro atoms. The fourth-order valence-corrected chi connectivity index (χ4v) is 1.31. The van der Waals surface area contributed by atoms with E-state index in [0.29, 0.717) is 0 Å². The molecule has 2 N–H and O–H groups in total. The number of aromatic nitrogens is 2. The molecule has 1 aromatic heterocycles. The van der Waals surface area contributed by atoms with Gasteiger partial charge in [-0.1, -0.05) is 13.8 Å². The van der Waals surface area contributed by atoms with Gasteiger partial charge in [0.1, 0.15) is 6.20 Å². The van der Waals surface area contributed by atoms with Gasteiger partial charge in [0, 0.05) is 7.05 Å². The van der Waals surface area contributed by atoms with Crippen molar-refractivity contribution in [2.75, 3.05) is 11.9 Å². The molecule has 16 heavy (non-hydrogen) atoms. The lowest BCUT2D eigenvalue weighted by Gasteiger charge is -2.18. The smallest absolute Gasteiger partial charge is 0.330 e. The van der Waals surface area contributed by atoms with Crippen molar-refractivity contribution in [2.24, 2.45) is 13.0 Å². The molecule has 0 aliphatic carbocycles. The number of hydrogen-bond donors (Lipinski definition) is 2. The summed E-state index contributed by atoms with van der Waals surface area (Å²) in [6.07, 6.45) is 1.33. The van der Waals surface area contributed by atoms with Crippen LogP contribution >= 0.6 is 0 Å². The summed E-state index contributed by atoms with van der Waals surface area (Å²) in [6.45, 7) is 3.75. The molecule has 0 bridgehead atoms. The van der Waals surface area contributed by atoms with Gasteiger partial charge in [-0.05, 0) is 5.92 Å². The molecule has 1 atom stereocenters. The maximum atomic E-state index is 10.7. The average molecular weight is 228 g/mol. The highest BCUT2D eigenvalue weighted by Gasteiger charge is 2.22. The summed E-state index contributed by atoms with van der Waals surface area (Å²) in [5.74, 6) is 0.354. The van der Waals surface area contributed by atoms with E-state index in [1.807, 2.05) is 13.8 Å². The Hall–Kier alpha value is -1.63. The average Bonchev–Trinajstić information content (AvgIpc) is 2.55. The van der Waals surface area contributed by atoms with Crippen molar-refractivity contribution >= 4 is 11.5 Å². The molecule has 0 radical (unpaired) electrons. The first-order valence-electron chi connectivity index (χ1n) is 5.01. The van der Waals surface area contributed by atoms with Crippen molar-refractivity contribution in [2.45, 2.75) is 19.9 Å². The van der Waals surface area contributed by atoms with Crippen molar-refractivity contribution in [3.8, 4) is 0 Å². The summed E-state index contributed by atoms with van der Waals surface area (Å²) in [5.41, 5.74) is -0.0819. The highest BCUT2D eigenvalue weighted by atomic mass is 16.6. The Morgan fingerprint density at radius 1 is 1.69 bits per heavy atom. The van der Waals surface area contributed by atoms with E-state index in [1.165, 1.54) is 10.9 Å². The first-order chi connectivity index (χ1) is 7.45. The van der Waals surface area contributed by atoms with E-state index >= 15 is 0 Å². The van der Waals surface area contributed by atoms with Crippen molar-refractivity contribution in [3.05, 3.63) is 16.3 Å². The SMILES string of the molecule is CC(C)C(CO)Nc1nn(C)cc1[N+](=O)[O-]. The van der Waals surface area contributed by atoms with Gasteiger partial charge < -0.3 is 10.4 Å². The topological polar surface area (TPSA) is 93.2 Å². The molecule has 0 saturated carbocycles. The van der Waals surface area contributed by atoms with Crippen LogP contribution < -0.4 is 5.32 Å². The Labute approximate surface area is 93.2 Å². The summed E-state index contributed by atoms with van der Waals surface area (Å²) in [5, 5.41) is 26.7. The summed E-state index contributed by atoms with van der Waals surface area (Å²) in [7, 11) is 1.61. The van der Waals surface area contributed by atoms with Gasteiger partial charge in [-0.25, -0.2) is 0 Å². The van der Waals surface area contributed by atoms with Gasteiger partial charge in [-0.15, -0.1) is 5.10 Å². The monoisotopic (exact) mass is 228 g/mol. The van der Waals surface area contributed by atoms with Crippen LogP contribution in [0.15, 0.2) is 6.20 Å². The Kier molecular flexibility index (Phi) is 3.83. The first-order valence-corrected chi connectivity index (χ1v) is 5.01. The van der Waals surface area contributed by atoms with Crippen LogP contribution in [-0.4, -0.2) is 32.5 Å². The van der Waals surface area contributed by atoms with E-state index in [0.717, 1.165) is 0 Å². The molecule has 0 saturated heterocycles. The molecule has 7 nitrogen and oxygen atoms in total. The second kappa shape index (κ2) is 4.93. The van der Waals surface area contributed by atoms with Crippen LogP contribution in [0.1, 0.15) is 13.8 Å². The summed E-state index contributed by atoms with van der Waals surface area (Å²) in [4.78, 5) is 10.2. The number of aliphatic hydroxyl groups is 1. The molecule has 1 heterocycles. The number of nitrogens with zero attached hydrogens (tertiary/aromatic N) is 3. The predicted molar refractivity (Wildman–Crippen MR) is 59.2 cm³/mol. The van der Waals surface area contributed by atoms with Gasteiger partial charge >= 0.3 is 5.69 Å².